The van der Waals surface area contributed by atoms with Gasteiger partial charge in [-0.1, -0.05) is 18.2 Å². The summed E-state index contributed by atoms with van der Waals surface area (Å²) in [6.45, 7) is -0.177. The number of aromatic nitrogens is 1. The molecule has 0 aliphatic carbocycles. The zero-order valence-electron chi connectivity index (χ0n) is 13.0. The molecule has 3 rings (SSSR count). The molecule has 0 aliphatic rings. The van der Waals surface area contributed by atoms with Gasteiger partial charge in [-0.05, 0) is 30.3 Å². The van der Waals surface area contributed by atoms with Gasteiger partial charge in [0.15, 0.2) is 6.61 Å². The van der Waals surface area contributed by atoms with Crippen LogP contribution in [0.2, 0.25) is 0 Å². The Hall–Kier alpha value is -3.28. The lowest BCUT2D eigenvalue weighted by atomic mass is 10.1. The lowest BCUT2D eigenvalue weighted by Crippen LogP contribution is -2.20. The first kappa shape index (κ1) is 15.6. The second-order valence-corrected chi connectivity index (χ2v) is 5.06. The smallest absolute Gasteiger partial charge is 0.262 e. The number of amides is 1. The molecule has 0 bridgehead atoms. The molecule has 0 unspecified atom stereocenters. The van der Waals surface area contributed by atoms with Crippen LogP contribution >= 0.6 is 0 Å². The average molecular weight is 324 g/mol. The van der Waals surface area contributed by atoms with Gasteiger partial charge in [-0.3, -0.25) is 9.59 Å². The van der Waals surface area contributed by atoms with Gasteiger partial charge < -0.3 is 19.8 Å². The third-order valence-electron chi connectivity index (χ3n) is 3.52. The van der Waals surface area contributed by atoms with Crippen LogP contribution < -0.4 is 20.3 Å². The number of para-hydroxylation sites is 2. The highest BCUT2D eigenvalue weighted by Gasteiger charge is 2.09. The minimum absolute atomic E-state index is 0.177. The van der Waals surface area contributed by atoms with Crippen LogP contribution in [0.25, 0.3) is 10.8 Å². The number of carbonyl (C=O) groups excluding carboxylic acids is 1. The van der Waals surface area contributed by atoms with E-state index in [4.69, 9.17) is 9.47 Å². The third kappa shape index (κ3) is 3.22. The van der Waals surface area contributed by atoms with Gasteiger partial charge in [-0.2, -0.15) is 0 Å². The quantitative estimate of drug-likeness (QED) is 0.756. The minimum atomic E-state index is -0.318. The number of carbonyl (C=O) groups is 1. The Balaban J connectivity index is 1.73. The predicted molar refractivity (Wildman–Crippen MR) is 91.7 cm³/mol. The highest BCUT2D eigenvalue weighted by Crippen LogP contribution is 2.24. The molecule has 6 nitrogen and oxygen atoms in total. The second kappa shape index (κ2) is 6.87. The summed E-state index contributed by atoms with van der Waals surface area (Å²) in [5.74, 6) is 0.734. The molecular formula is C18H16N2O4. The van der Waals surface area contributed by atoms with Crippen molar-refractivity contribution < 1.29 is 14.3 Å². The maximum Gasteiger partial charge on any atom is 0.262 e. The molecule has 0 radical (unpaired) electrons. The van der Waals surface area contributed by atoms with E-state index >= 15 is 0 Å². The Morgan fingerprint density at radius 3 is 2.67 bits per heavy atom. The average Bonchev–Trinajstić information content (AvgIpc) is 2.61. The fourth-order valence-corrected chi connectivity index (χ4v) is 2.40. The van der Waals surface area contributed by atoms with Crippen molar-refractivity contribution >= 4 is 22.4 Å². The fourth-order valence-electron chi connectivity index (χ4n) is 2.40. The summed E-state index contributed by atoms with van der Waals surface area (Å²) in [6, 6.07) is 14.0. The van der Waals surface area contributed by atoms with Crippen molar-refractivity contribution in [3.63, 3.8) is 0 Å². The molecule has 122 valence electrons. The number of methoxy groups -OCH3 is 1. The SMILES string of the molecule is COc1ccccc1NC(=O)COc1cccc2c(=O)[nH]ccc12. The normalized spacial score (nSPS) is 10.4. The molecule has 6 heteroatoms. The van der Waals surface area contributed by atoms with Crippen LogP contribution in [0.4, 0.5) is 5.69 Å². The van der Waals surface area contributed by atoms with E-state index in [0.717, 1.165) is 0 Å². The van der Waals surface area contributed by atoms with Crippen LogP contribution in [0.15, 0.2) is 59.5 Å². The van der Waals surface area contributed by atoms with Crippen LogP contribution in [0.3, 0.4) is 0 Å². The molecule has 0 spiro atoms. The van der Waals surface area contributed by atoms with Crippen LogP contribution in [0.5, 0.6) is 11.5 Å². The van der Waals surface area contributed by atoms with Gasteiger partial charge in [0.1, 0.15) is 11.5 Å². The number of hydrogen-bond donors (Lipinski definition) is 2. The van der Waals surface area contributed by atoms with Crippen LogP contribution in [0.1, 0.15) is 0 Å². The van der Waals surface area contributed by atoms with Crippen molar-refractivity contribution in [2.75, 3.05) is 19.0 Å². The number of rotatable bonds is 5. The van der Waals surface area contributed by atoms with Crippen molar-refractivity contribution in [3.05, 3.63) is 65.1 Å². The fraction of sp³-hybridized carbons (Fsp3) is 0.111. The molecule has 1 amide bonds. The van der Waals surface area contributed by atoms with Crippen molar-refractivity contribution in [2.24, 2.45) is 0 Å². The van der Waals surface area contributed by atoms with Crippen LogP contribution in [-0.4, -0.2) is 24.6 Å². The molecule has 0 saturated heterocycles. The lowest BCUT2D eigenvalue weighted by Gasteiger charge is -2.11. The van der Waals surface area contributed by atoms with Gasteiger partial charge in [-0.25, -0.2) is 0 Å². The number of ether oxygens (including phenoxy) is 2. The molecule has 2 N–H and O–H groups in total. The van der Waals surface area contributed by atoms with E-state index in [2.05, 4.69) is 10.3 Å². The number of anilines is 1. The molecule has 0 atom stereocenters. The van der Waals surface area contributed by atoms with Crippen molar-refractivity contribution in [1.29, 1.82) is 0 Å². The number of H-pyrrole nitrogens is 1. The lowest BCUT2D eigenvalue weighted by molar-refractivity contribution is -0.118. The van der Waals surface area contributed by atoms with Gasteiger partial charge >= 0.3 is 0 Å². The zero-order valence-corrected chi connectivity index (χ0v) is 13.0. The summed E-state index contributed by atoms with van der Waals surface area (Å²) < 4.78 is 10.8. The Morgan fingerprint density at radius 2 is 1.83 bits per heavy atom. The van der Waals surface area contributed by atoms with Gasteiger partial charge in [0.25, 0.3) is 11.5 Å². The molecule has 0 saturated carbocycles. The summed E-state index contributed by atoms with van der Waals surface area (Å²) in [6.07, 6.45) is 1.55. The van der Waals surface area contributed by atoms with E-state index in [1.165, 1.54) is 7.11 Å². The Labute approximate surface area is 138 Å². The van der Waals surface area contributed by atoms with Gasteiger partial charge in [0, 0.05) is 11.6 Å². The molecule has 1 aromatic heterocycles. The molecule has 1 heterocycles. The number of benzene rings is 2. The number of aromatic amines is 1. The zero-order chi connectivity index (χ0) is 16.9. The molecule has 0 aliphatic heterocycles. The standard InChI is InChI=1S/C18H16N2O4/c1-23-16-7-3-2-6-14(16)20-17(21)11-24-15-8-4-5-13-12(15)9-10-19-18(13)22/h2-10H,11H2,1H3,(H,19,22)(H,20,21). The van der Waals surface area contributed by atoms with Gasteiger partial charge in [0.05, 0.1) is 18.2 Å². The summed E-state index contributed by atoms with van der Waals surface area (Å²) in [5.41, 5.74) is 0.374. The maximum absolute atomic E-state index is 12.1. The Bertz CT molecular complexity index is 933. The number of pyridine rings is 1. The van der Waals surface area contributed by atoms with Crippen LogP contribution in [0, 0.1) is 0 Å². The van der Waals surface area contributed by atoms with Crippen molar-refractivity contribution in [3.8, 4) is 11.5 Å². The molecule has 2 aromatic carbocycles. The molecule has 3 aromatic rings. The topological polar surface area (TPSA) is 80.4 Å². The van der Waals surface area contributed by atoms with Gasteiger partial charge in [-0.15, -0.1) is 0 Å². The Morgan fingerprint density at radius 1 is 1.04 bits per heavy atom. The summed E-state index contributed by atoms with van der Waals surface area (Å²) >= 11 is 0. The largest absolute Gasteiger partial charge is 0.495 e. The first-order valence-corrected chi connectivity index (χ1v) is 7.35. The van der Waals surface area contributed by atoms with Gasteiger partial charge in [0.2, 0.25) is 0 Å². The molecule has 24 heavy (non-hydrogen) atoms. The summed E-state index contributed by atoms with van der Waals surface area (Å²) in [7, 11) is 1.54. The van der Waals surface area contributed by atoms with E-state index in [1.807, 2.05) is 6.07 Å². The minimum Gasteiger partial charge on any atom is -0.495 e. The third-order valence-corrected chi connectivity index (χ3v) is 3.52. The van der Waals surface area contributed by atoms with Crippen LogP contribution in [-0.2, 0) is 4.79 Å². The second-order valence-electron chi connectivity index (χ2n) is 5.06. The summed E-state index contributed by atoms with van der Waals surface area (Å²) in [4.78, 5) is 26.5. The number of nitrogens with one attached hydrogen (secondary N) is 2. The first-order chi connectivity index (χ1) is 11.7. The van der Waals surface area contributed by atoms with E-state index in [-0.39, 0.29) is 18.1 Å². The molecular weight excluding hydrogens is 308 g/mol. The van der Waals surface area contributed by atoms with E-state index in [1.54, 1.807) is 48.7 Å². The Kier molecular flexibility index (Phi) is 4.47. The monoisotopic (exact) mass is 324 g/mol. The first-order valence-electron chi connectivity index (χ1n) is 7.35. The van der Waals surface area contributed by atoms with Crippen molar-refractivity contribution in [1.82, 2.24) is 4.98 Å². The van der Waals surface area contributed by atoms with E-state index in [0.29, 0.717) is 28.0 Å². The van der Waals surface area contributed by atoms with Crippen molar-refractivity contribution in [2.45, 2.75) is 0 Å². The highest BCUT2D eigenvalue weighted by molar-refractivity contribution is 5.94. The number of fused-ring (bicyclic) bond motifs is 1. The molecule has 0 fully saturated rings. The maximum atomic E-state index is 12.1. The van der Waals surface area contributed by atoms with E-state index < -0.39 is 0 Å². The number of hydrogen-bond acceptors (Lipinski definition) is 4. The highest BCUT2D eigenvalue weighted by atomic mass is 16.5. The summed E-state index contributed by atoms with van der Waals surface area (Å²) in [5, 5.41) is 3.91. The van der Waals surface area contributed by atoms with E-state index in [9.17, 15) is 9.59 Å². The predicted octanol–water partition coefficient (Wildman–Crippen LogP) is 2.55.